The minimum absolute atomic E-state index is 0.210. The van der Waals surface area contributed by atoms with Crippen molar-refractivity contribution in [2.45, 2.75) is 58.4 Å². The lowest BCUT2D eigenvalue weighted by Gasteiger charge is -2.23. The third-order valence-corrected chi connectivity index (χ3v) is 4.94. The Morgan fingerprint density at radius 3 is 2.31 bits per heavy atom. The van der Waals surface area contributed by atoms with Crippen LogP contribution >= 0.6 is 0 Å². The molecule has 0 radical (unpaired) electrons. The molecule has 1 aromatic carbocycles. The zero-order valence-electron chi connectivity index (χ0n) is 15.6. The predicted molar refractivity (Wildman–Crippen MR) is 99.3 cm³/mol. The number of ether oxygens (including phenoxy) is 2. The Kier molecular flexibility index (Phi) is 5.96. The van der Waals surface area contributed by atoms with E-state index in [9.17, 15) is 9.59 Å². The highest BCUT2D eigenvalue weighted by atomic mass is 16.5. The van der Waals surface area contributed by atoms with Crippen LogP contribution in [-0.2, 0) is 16.0 Å². The summed E-state index contributed by atoms with van der Waals surface area (Å²) in [6, 6.07) is 3.70. The molecule has 0 fully saturated rings. The third kappa shape index (κ3) is 3.62. The van der Waals surface area contributed by atoms with Crippen LogP contribution in [-0.4, -0.2) is 29.9 Å². The van der Waals surface area contributed by atoms with Gasteiger partial charge in [-0.05, 0) is 37.3 Å². The van der Waals surface area contributed by atoms with Gasteiger partial charge in [0.15, 0.2) is 11.5 Å². The number of nitrogens with zero attached hydrogens (tertiary/aromatic N) is 1. The summed E-state index contributed by atoms with van der Waals surface area (Å²) >= 11 is 0. The molecular formula is C21H27NO4. The number of hydrogen-bond donors (Lipinski definition) is 0. The van der Waals surface area contributed by atoms with Crippen molar-refractivity contribution in [3.63, 3.8) is 0 Å². The second-order valence-corrected chi connectivity index (χ2v) is 6.80. The van der Waals surface area contributed by atoms with Crippen molar-refractivity contribution < 1.29 is 19.1 Å². The van der Waals surface area contributed by atoms with Gasteiger partial charge in [0.25, 0.3) is 11.8 Å². The van der Waals surface area contributed by atoms with E-state index >= 15 is 0 Å². The molecule has 0 bridgehead atoms. The molecule has 5 heteroatoms. The summed E-state index contributed by atoms with van der Waals surface area (Å²) in [6.45, 7) is 5.57. The highest BCUT2D eigenvalue weighted by molar-refractivity contribution is 6.13. The van der Waals surface area contributed by atoms with E-state index in [1.165, 1.54) is 17.1 Å². The standard InChI is InChI=1S/C21H27NO4/c1-3-5-13-25-18-10-8-15-16(21(18)26-14-6-4-2)7-9-17(15)22-19(23)11-12-20(22)24/h8,10-12,17H,3-7,9,13-14H2,1-2H3/t17-/m0/s1. The predicted octanol–water partition coefficient (Wildman–Crippen LogP) is 3.96. The Morgan fingerprint density at radius 1 is 1.00 bits per heavy atom. The molecule has 1 aliphatic heterocycles. The molecule has 1 atom stereocenters. The summed E-state index contributed by atoms with van der Waals surface area (Å²) in [5.74, 6) is 1.10. The van der Waals surface area contributed by atoms with E-state index in [0.717, 1.165) is 61.2 Å². The summed E-state index contributed by atoms with van der Waals surface area (Å²) in [5, 5.41) is 0. The first-order valence-corrected chi connectivity index (χ1v) is 9.64. The van der Waals surface area contributed by atoms with Gasteiger partial charge in [-0.3, -0.25) is 14.5 Å². The molecule has 1 aromatic rings. The number of hydrogen-bond acceptors (Lipinski definition) is 4. The average molecular weight is 357 g/mol. The molecule has 1 heterocycles. The Labute approximate surface area is 155 Å². The van der Waals surface area contributed by atoms with Gasteiger partial charge in [-0.2, -0.15) is 0 Å². The number of rotatable bonds is 9. The molecule has 0 saturated carbocycles. The van der Waals surface area contributed by atoms with E-state index in [-0.39, 0.29) is 17.9 Å². The van der Waals surface area contributed by atoms with E-state index in [2.05, 4.69) is 13.8 Å². The van der Waals surface area contributed by atoms with Crippen LogP contribution in [0.5, 0.6) is 11.5 Å². The van der Waals surface area contributed by atoms with Crippen molar-refractivity contribution >= 4 is 11.8 Å². The van der Waals surface area contributed by atoms with Crippen molar-refractivity contribution in [1.82, 2.24) is 4.90 Å². The highest BCUT2D eigenvalue weighted by Crippen LogP contribution is 2.45. The van der Waals surface area contributed by atoms with Gasteiger partial charge in [-0.15, -0.1) is 0 Å². The number of benzene rings is 1. The van der Waals surface area contributed by atoms with Gasteiger partial charge in [-0.25, -0.2) is 0 Å². The lowest BCUT2D eigenvalue weighted by atomic mass is 10.1. The Bertz CT molecular complexity index is 692. The SMILES string of the molecule is CCCCOc1ccc2c(c1OCCCC)CC[C@@H]2N1C(=O)C=CC1=O. The quantitative estimate of drug-likeness (QED) is 0.496. The fraction of sp³-hybridized carbons (Fsp3) is 0.524. The number of amides is 2. The molecule has 2 amide bonds. The molecule has 0 saturated heterocycles. The minimum atomic E-state index is -0.232. The van der Waals surface area contributed by atoms with Crippen molar-refractivity contribution in [1.29, 1.82) is 0 Å². The first-order chi connectivity index (χ1) is 12.7. The fourth-order valence-electron chi connectivity index (χ4n) is 3.53. The first-order valence-electron chi connectivity index (χ1n) is 9.64. The minimum Gasteiger partial charge on any atom is -0.490 e. The smallest absolute Gasteiger partial charge is 0.254 e. The van der Waals surface area contributed by atoms with Crippen molar-refractivity contribution in [3.05, 3.63) is 35.4 Å². The number of carbonyl (C=O) groups is 2. The lowest BCUT2D eigenvalue weighted by Crippen LogP contribution is -2.33. The molecular weight excluding hydrogens is 330 g/mol. The molecule has 0 unspecified atom stereocenters. The van der Waals surface area contributed by atoms with E-state index in [4.69, 9.17) is 9.47 Å². The highest BCUT2D eigenvalue weighted by Gasteiger charge is 2.38. The lowest BCUT2D eigenvalue weighted by molar-refractivity contribution is -0.139. The van der Waals surface area contributed by atoms with Gasteiger partial charge in [-0.1, -0.05) is 32.8 Å². The summed E-state index contributed by atoms with van der Waals surface area (Å²) in [7, 11) is 0. The van der Waals surface area contributed by atoms with Gasteiger partial charge in [0.05, 0.1) is 19.3 Å². The molecule has 5 nitrogen and oxygen atoms in total. The first kappa shape index (κ1) is 18.5. The van der Waals surface area contributed by atoms with Crippen molar-refractivity contribution in [2.75, 3.05) is 13.2 Å². The van der Waals surface area contributed by atoms with Gasteiger partial charge in [0, 0.05) is 17.7 Å². The number of unbranched alkanes of at least 4 members (excludes halogenated alkanes) is 2. The number of fused-ring (bicyclic) bond motifs is 1. The van der Waals surface area contributed by atoms with Crippen LogP contribution in [0.15, 0.2) is 24.3 Å². The maximum Gasteiger partial charge on any atom is 0.254 e. The topological polar surface area (TPSA) is 55.8 Å². The van der Waals surface area contributed by atoms with Crippen LogP contribution < -0.4 is 9.47 Å². The zero-order chi connectivity index (χ0) is 18.5. The average Bonchev–Trinajstić information content (AvgIpc) is 3.19. The monoisotopic (exact) mass is 357 g/mol. The summed E-state index contributed by atoms with van der Waals surface area (Å²) in [5.41, 5.74) is 2.08. The summed E-state index contributed by atoms with van der Waals surface area (Å²) < 4.78 is 12.0. The molecule has 3 rings (SSSR count). The summed E-state index contributed by atoms with van der Waals surface area (Å²) in [6.07, 6.45) is 8.32. The molecule has 1 aliphatic carbocycles. The molecule has 0 spiro atoms. The fourth-order valence-corrected chi connectivity index (χ4v) is 3.53. The van der Waals surface area contributed by atoms with E-state index < -0.39 is 0 Å². The Morgan fingerprint density at radius 2 is 1.65 bits per heavy atom. The second kappa shape index (κ2) is 8.39. The zero-order valence-corrected chi connectivity index (χ0v) is 15.6. The van der Waals surface area contributed by atoms with Crippen LogP contribution in [0, 0.1) is 0 Å². The number of carbonyl (C=O) groups excluding carboxylic acids is 2. The van der Waals surface area contributed by atoms with E-state index in [1.54, 1.807) is 0 Å². The van der Waals surface area contributed by atoms with Crippen LogP contribution in [0.2, 0.25) is 0 Å². The van der Waals surface area contributed by atoms with Crippen LogP contribution in [0.1, 0.15) is 63.1 Å². The normalized spacial score (nSPS) is 18.5. The molecule has 26 heavy (non-hydrogen) atoms. The van der Waals surface area contributed by atoms with Gasteiger partial charge in [0.2, 0.25) is 0 Å². The van der Waals surface area contributed by atoms with Crippen LogP contribution in [0.25, 0.3) is 0 Å². The van der Waals surface area contributed by atoms with Crippen molar-refractivity contribution in [3.8, 4) is 11.5 Å². The largest absolute Gasteiger partial charge is 0.490 e. The molecule has 140 valence electrons. The molecule has 0 aromatic heterocycles. The van der Waals surface area contributed by atoms with E-state index in [0.29, 0.717) is 13.2 Å². The van der Waals surface area contributed by atoms with Gasteiger partial charge < -0.3 is 9.47 Å². The van der Waals surface area contributed by atoms with Crippen LogP contribution in [0.3, 0.4) is 0 Å². The maximum absolute atomic E-state index is 12.1. The van der Waals surface area contributed by atoms with Crippen LogP contribution in [0.4, 0.5) is 0 Å². The molecule has 0 N–H and O–H groups in total. The van der Waals surface area contributed by atoms with Gasteiger partial charge >= 0.3 is 0 Å². The van der Waals surface area contributed by atoms with Gasteiger partial charge in [0.1, 0.15) is 0 Å². The summed E-state index contributed by atoms with van der Waals surface area (Å²) in [4.78, 5) is 25.5. The maximum atomic E-state index is 12.1. The van der Waals surface area contributed by atoms with E-state index in [1.807, 2.05) is 12.1 Å². The second-order valence-electron chi connectivity index (χ2n) is 6.80. The Hall–Kier alpha value is -2.30. The third-order valence-electron chi connectivity index (χ3n) is 4.94. The molecule has 2 aliphatic rings. The number of imide groups is 1. The van der Waals surface area contributed by atoms with Crippen molar-refractivity contribution in [2.24, 2.45) is 0 Å². The Balaban J connectivity index is 1.88.